The minimum absolute atomic E-state index is 0.0855. The molecule has 4 rings (SSSR count). The van der Waals surface area contributed by atoms with Gasteiger partial charge in [0.15, 0.2) is 0 Å². The van der Waals surface area contributed by atoms with Crippen molar-refractivity contribution in [2.24, 2.45) is 11.3 Å². The van der Waals surface area contributed by atoms with Crippen LogP contribution in [-0.2, 0) is 6.18 Å². The lowest BCUT2D eigenvalue weighted by molar-refractivity contribution is -0.140. The molecule has 1 aliphatic heterocycles. The number of allylic oxidation sites excluding steroid dienone is 5. The van der Waals surface area contributed by atoms with Crippen LogP contribution in [0.25, 0.3) is 5.57 Å². The van der Waals surface area contributed by atoms with Crippen LogP contribution in [0, 0.1) is 17.2 Å². The summed E-state index contributed by atoms with van der Waals surface area (Å²) in [7, 11) is 0. The van der Waals surface area contributed by atoms with E-state index in [-0.39, 0.29) is 11.0 Å². The molecule has 1 saturated heterocycles. The molecule has 5 heteroatoms. The number of hydrogen-bond donors (Lipinski definition) is 1. The topological polar surface area (TPSA) is 12.0 Å². The van der Waals surface area contributed by atoms with Crippen molar-refractivity contribution >= 4 is 5.57 Å². The van der Waals surface area contributed by atoms with E-state index in [1.165, 1.54) is 12.1 Å². The van der Waals surface area contributed by atoms with Crippen molar-refractivity contribution < 1.29 is 17.6 Å². The summed E-state index contributed by atoms with van der Waals surface area (Å²) in [6.07, 6.45) is 7.24. The van der Waals surface area contributed by atoms with Gasteiger partial charge in [0.2, 0.25) is 0 Å². The average Bonchev–Trinajstić information content (AvgIpc) is 2.79. The van der Waals surface area contributed by atoms with E-state index >= 15 is 0 Å². The molecule has 0 saturated carbocycles. The summed E-state index contributed by atoms with van der Waals surface area (Å²) < 4.78 is 53.9. The third-order valence-corrected chi connectivity index (χ3v) is 5.68. The number of alkyl halides is 3. The van der Waals surface area contributed by atoms with E-state index in [0.717, 1.165) is 37.6 Å². The van der Waals surface area contributed by atoms with Crippen molar-refractivity contribution in [1.82, 2.24) is 5.32 Å². The summed E-state index contributed by atoms with van der Waals surface area (Å²) in [5, 5.41) is 3.39. The highest BCUT2D eigenvalue weighted by atomic mass is 19.4. The first-order chi connectivity index (χ1) is 11.9. The van der Waals surface area contributed by atoms with E-state index in [1.54, 1.807) is 6.08 Å². The summed E-state index contributed by atoms with van der Waals surface area (Å²) >= 11 is 0. The van der Waals surface area contributed by atoms with Gasteiger partial charge in [-0.2, -0.15) is 13.2 Å². The molecule has 0 bridgehead atoms. The van der Waals surface area contributed by atoms with Gasteiger partial charge < -0.3 is 5.32 Å². The van der Waals surface area contributed by atoms with Crippen LogP contribution in [-0.4, -0.2) is 6.54 Å². The largest absolute Gasteiger partial charge is 0.419 e. The summed E-state index contributed by atoms with van der Waals surface area (Å²) in [4.78, 5) is 0. The highest BCUT2D eigenvalue weighted by Crippen LogP contribution is 2.51. The molecule has 0 amide bonds. The van der Waals surface area contributed by atoms with E-state index in [1.807, 2.05) is 6.08 Å². The standard InChI is InChI=1S/C20H19F4N/c21-16-7-4-6-15(18(16)20(22,23)24)13-8-10-19-9-3-1-2-5-14(19)12-25-17(19)11-13/h3-4,6-9,11,14,25H,1-2,5,10,12H2. The second-order valence-electron chi connectivity index (χ2n) is 7.03. The molecule has 1 aromatic carbocycles. The predicted octanol–water partition coefficient (Wildman–Crippen LogP) is 5.46. The monoisotopic (exact) mass is 349 g/mol. The molecule has 1 heterocycles. The fourth-order valence-corrected chi connectivity index (χ4v) is 4.42. The lowest BCUT2D eigenvalue weighted by atomic mass is 9.69. The van der Waals surface area contributed by atoms with Gasteiger partial charge in [-0.1, -0.05) is 30.4 Å². The molecule has 1 aromatic rings. The highest BCUT2D eigenvalue weighted by molar-refractivity contribution is 5.79. The number of benzene rings is 1. The maximum absolute atomic E-state index is 13.9. The second-order valence-corrected chi connectivity index (χ2v) is 7.03. The number of rotatable bonds is 1. The van der Waals surface area contributed by atoms with Crippen LogP contribution in [0.3, 0.4) is 0 Å². The first-order valence-electron chi connectivity index (χ1n) is 8.62. The lowest BCUT2D eigenvalue weighted by Crippen LogP contribution is -2.27. The molecule has 0 radical (unpaired) electrons. The summed E-state index contributed by atoms with van der Waals surface area (Å²) in [6, 6.07) is 3.55. The Bertz CT molecular complexity index is 787. The zero-order valence-corrected chi connectivity index (χ0v) is 13.7. The zero-order valence-electron chi connectivity index (χ0n) is 13.7. The molecule has 3 aliphatic rings. The third-order valence-electron chi connectivity index (χ3n) is 5.68. The molecule has 132 valence electrons. The van der Waals surface area contributed by atoms with Gasteiger partial charge in [0.25, 0.3) is 0 Å². The molecular formula is C20H19F4N. The quantitative estimate of drug-likeness (QED) is 0.524. The van der Waals surface area contributed by atoms with Gasteiger partial charge in [-0.25, -0.2) is 4.39 Å². The SMILES string of the molecule is Fc1cccc(C2=CCC34C=CCCCC3CNC4=C2)c1C(F)(F)F. The maximum atomic E-state index is 13.9. The van der Waals surface area contributed by atoms with E-state index in [4.69, 9.17) is 0 Å². The fourth-order valence-electron chi connectivity index (χ4n) is 4.42. The van der Waals surface area contributed by atoms with Gasteiger partial charge in [0.05, 0.1) is 5.56 Å². The van der Waals surface area contributed by atoms with Crippen molar-refractivity contribution in [3.05, 3.63) is 65.1 Å². The maximum Gasteiger partial charge on any atom is 0.419 e. The Morgan fingerprint density at radius 1 is 1.20 bits per heavy atom. The van der Waals surface area contributed by atoms with E-state index < -0.39 is 17.6 Å². The van der Waals surface area contributed by atoms with Gasteiger partial charge in [0.1, 0.15) is 5.82 Å². The Kier molecular flexibility index (Phi) is 3.78. The first-order valence-corrected chi connectivity index (χ1v) is 8.62. The van der Waals surface area contributed by atoms with Crippen LogP contribution in [0.4, 0.5) is 17.6 Å². The Labute approximate surface area is 144 Å². The molecule has 1 fully saturated rings. The van der Waals surface area contributed by atoms with Gasteiger partial charge in [0, 0.05) is 17.7 Å². The van der Waals surface area contributed by atoms with E-state index in [9.17, 15) is 17.6 Å². The Morgan fingerprint density at radius 2 is 2.04 bits per heavy atom. The van der Waals surface area contributed by atoms with Crippen molar-refractivity contribution in [1.29, 1.82) is 0 Å². The average molecular weight is 349 g/mol. The minimum Gasteiger partial charge on any atom is -0.387 e. The normalized spacial score (nSPS) is 28.4. The van der Waals surface area contributed by atoms with Crippen LogP contribution in [0.2, 0.25) is 0 Å². The molecule has 1 N–H and O–H groups in total. The highest BCUT2D eigenvalue weighted by Gasteiger charge is 2.46. The van der Waals surface area contributed by atoms with Gasteiger partial charge in [-0.05, 0) is 54.9 Å². The van der Waals surface area contributed by atoms with Crippen LogP contribution >= 0.6 is 0 Å². The van der Waals surface area contributed by atoms with E-state index in [0.29, 0.717) is 17.9 Å². The van der Waals surface area contributed by atoms with Crippen LogP contribution in [0.1, 0.15) is 36.8 Å². The van der Waals surface area contributed by atoms with Gasteiger partial charge >= 0.3 is 6.18 Å². The molecule has 0 aromatic heterocycles. The van der Waals surface area contributed by atoms with E-state index in [2.05, 4.69) is 17.5 Å². The fraction of sp³-hybridized carbons (Fsp3) is 0.400. The first kappa shape index (κ1) is 16.4. The molecule has 2 aliphatic carbocycles. The Balaban J connectivity index is 1.78. The number of halogens is 4. The summed E-state index contributed by atoms with van der Waals surface area (Å²) in [5.74, 6) is -0.763. The number of hydrogen-bond acceptors (Lipinski definition) is 1. The predicted molar refractivity (Wildman–Crippen MR) is 89.0 cm³/mol. The number of nitrogens with one attached hydrogen (secondary N) is 1. The molecule has 1 spiro atoms. The minimum atomic E-state index is -4.72. The lowest BCUT2D eigenvalue weighted by Gasteiger charge is -2.34. The zero-order chi connectivity index (χ0) is 17.7. The summed E-state index contributed by atoms with van der Waals surface area (Å²) in [5.41, 5.74) is 0.00705. The van der Waals surface area contributed by atoms with Gasteiger partial charge in [-0.15, -0.1) is 0 Å². The van der Waals surface area contributed by atoms with Crippen molar-refractivity contribution in [2.75, 3.05) is 6.54 Å². The molecule has 1 nitrogen and oxygen atoms in total. The molecule has 2 unspecified atom stereocenters. The Hall–Kier alpha value is -2.04. The smallest absolute Gasteiger partial charge is 0.387 e. The van der Waals surface area contributed by atoms with Crippen molar-refractivity contribution in [2.45, 2.75) is 31.9 Å². The van der Waals surface area contributed by atoms with Gasteiger partial charge in [-0.3, -0.25) is 0 Å². The molecule has 25 heavy (non-hydrogen) atoms. The molecular weight excluding hydrogens is 330 g/mol. The van der Waals surface area contributed by atoms with Crippen LogP contribution in [0.5, 0.6) is 0 Å². The Morgan fingerprint density at radius 3 is 2.84 bits per heavy atom. The third kappa shape index (κ3) is 2.60. The van der Waals surface area contributed by atoms with Crippen molar-refractivity contribution in [3.8, 4) is 0 Å². The van der Waals surface area contributed by atoms with Crippen LogP contribution in [0.15, 0.2) is 48.2 Å². The molecule has 2 atom stereocenters. The van der Waals surface area contributed by atoms with Crippen molar-refractivity contribution in [3.63, 3.8) is 0 Å². The summed E-state index contributed by atoms with van der Waals surface area (Å²) in [6.45, 7) is 0.840. The van der Waals surface area contributed by atoms with Crippen LogP contribution < -0.4 is 5.32 Å². The second kappa shape index (κ2) is 5.75.